The van der Waals surface area contributed by atoms with E-state index in [1.165, 1.54) is 6.20 Å². The number of amides is 2. The average molecular weight is 575 g/mol. The van der Waals surface area contributed by atoms with Gasteiger partial charge in [0.2, 0.25) is 11.9 Å². The predicted molar refractivity (Wildman–Crippen MR) is 150 cm³/mol. The zero-order chi connectivity index (χ0) is 29.7. The highest BCUT2D eigenvalue weighted by Gasteiger charge is 2.38. The fourth-order valence-corrected chi connectivity index (χ4v) is 5.25. The number of anilines is 3. The van der Waals surface area contributed by atoms with Gasteiger partial charge in [-0.05, 0) is 77.0 Å². The van der Waals surface area contributed by atoms with Crippen LogP contribution >= 0.6 is 0 Å². The molecule has 10 nitrogen and oxygen atoms in total. The molecule has 2 atom stereocenters. The summed E-state index contributed by atoms with van der Waals surface area (Å²) < 4.78 is 41.4. The van der Waals surface area contributed by atoms with Crippen LogP contribution in [0.3, 0.4) is 0 Å². The molecule has 2 aromatic rings. The van der Waals surface area contributed by atoms with Crippen molar-refractivity contribution < 1.29 is 22.8 Å². The number of hydrogen-bond donors (Lipinski definition) is 4. The molecule has 0 unspecified atom stereocenters. The van der Waals surface area contributed by atoms with Gasteiger partial charge in [0.05, 0.1) is 5.92 Å². The van der Waals surface area contributed by atoms with E-state index in [2.05, 4.69) is 37.9 Å². The number of nitrogens with zero attached hydrogens (tertiary/aromatic N) is 4. The number of nitrogens with two attached hydrogens (primary N) is 1. The van der Waals surface area contributed by atoms with Crippen molar-refractivity contribution in [3.63, 3.8) is 0 Å². The van der Waals surface area contributed by atoms with Crippen LogP contribution in [0.25, 0.3) is 0 Å². The lowest BCUT2D eigenvalue weighted by molar-refractivity contribution is -0.137. The first-order valence-electron chi connectivity index (χ1n) is 13.7. The van der Waals surface area contributed by atoms with Gasteiger partial charge in [-0.1, -0.05) is 6.42 Å². The molecule has 2 amide bonds. The lowest BCUT2D eigenvalue weighted by Crippen LogP contribution is -2.44. The van der Waals surface area contributed by atoms with E-state index < -0.39 is 29.5 Å². The molecule has 2 aliphatic rings. The van der Waals surface area contributed by atoms with Crippen molar-refractivity contribution >= 4 is 29.3 Å². The summed E-state index contributed by atoms with van der Waals surface area (Å²) in [6, 6.07) is 6.28. The molecule has 1 aromatic heterocycles. The van der Waals surface area contributed by atoms with Crippen LogP contribution in [0.1, 0.15) is 54.9 Å². The van der Waals surface area contributed by atoms with Crippen LogP contribution in [0.4, 0.5) is 30.6 Å². The number of nitrogens with one attached hydrogen (secondary N) is 3. The Bertz CT molecular complexity index is 1260. The van der Waals surface area contributed by atoms with Crippen molar-refractivity contribution in [3.05, 3.63) is 53.5 Å². The molecule has 2 fully saturated rings. The number of carbonyl (C=O) groups excluding carboxylic acids is 2. The number of aromatic nitrogens is 2. The van der Waals surface area contributed by atoms with Crippen molar-refractivity contribution in [2.75, 3.05) is 37.8 Å². The molecule has 1 saturated carbocycles. The van der Waals surface area contributed by atoms with Gasteiger partial charge in [0.1, 0.15) is 11.4 Å². The fourth-order valence-electron chi connectivity index (χ4n) is 5.25. The van der Waals surface area contributed by atoms with Crippen LogP contribution in [0.2, 0.25) is 0 Å². The van der Waals surface area contributed by atoms with E-state index >= 15 is 0 Å². The number of piperidine rings is 1. The van der Waals surface area contributed by atoms with Crippen molar-refractivity contribution in [1.82, 2.24) is 25.1 Å². The summed E-state index contributed by atoms with van der Waals surface area (Å²) in [6.45, 7) is 3.50. The van der Waals surface area contributed by atoms with Crippen LogP contribution in [0.5, 0.6) is 0 Å². The number of halogens is 3. The van der Waals surface area contributed by atoms with E-state index in [0.717, 1.165) is 32.1 Å². The van der Waals surface area contributed by atoms with E-state index in [1.807, 2.05) is 7.05 Å². The molecule has 222 valence electrons. The molecule has 4 rings (SSSR count). The first-order valence-corrected chi connectivity index (χ1v) is 13.7. The summed E-state index contributed by atoms with van der Waals surface area (Å²) in [5.41, 5.74) is 5.99. The maximum absolute atomic E-state index is 13.8. The van der Waals surface area contributed by atoms with Crippen molar-refractivity contribution in [1.29, 1.82) is 0 Å². The quantitative estimate of drug-likeness (QED) is 0.374. The Morgan fingerprint density at radius 2 is 1.80 bits per heavy atom. The van der Waals surface area contributed by atoms with Gasteiger partial charge in [-0.25, -0.2) is 4.98 Å². The van der Waals surface area contributed by atoms with Crippen LogP contribution in [0.15, 0.2) is 42.4 Å². The Balaban J connectivity index is 1.47. The number of likely N-dealkylation sites (tertiary alicyclic amines) is 1. The molecular formula is C28H37F3N8O2. The second-order valence-electron chi connectivity index (χ2n) is 10.8. The van der Waals surface area contributed by atoms with Crippen LogP contribution in [-0.4, -0.2) is 70.9 Å². The summed E-state index contributed by atoms with van der Waals surface area (Å²) in [4.78, 5) is 37.6. The molecule has 1 aliphatic heterocycles. The first kappa shape index (κ1) is 30.1. The monoisotopic (exact) mass is 574 g/mol. The van der Waals surface area contributed by atoms with Crippen LogP contribution in [-0.2, 0) is 11.0 Å². The maximum atomic E-state index is 13.8. The van der Waals surface area contributed by atoms with Crippen molar-refractivity contribution in [2.24, 2.45) is 11.7 Å². The van der Waals surface area contributed by atoms with Crippen molar-refractivity contribution in [2.45, 2.75) is 57.3 Å². The van der Waals surface area contributed by atoms with E-state index in [9.17, 15) is 22.8 Å². The van der Waals surface area contributed by atoms with Crippen LogP contribution < -0.4 is 21.7 Å². The van der Waals surface area contributed by atoms with Gasteiger partial charge >= 0.3 is 6.18 Å². The smallest absolute Gasteiger partial charge is 0.401 e. The Hall–Kier alpha value is -3.87. The Labute approximate surface area is 237 Å². The average Bonchev–Trinajstić information content (AvgIpc) is 3.39. The summed E-state index contributed by atoms with van der Waals surface area (Å²) in [5.74, 6) is -1.41. The largest absolute Gasteiger partial charge is 0.421 e. The molecular weight excluding hydrogens is 537 g/mol. The number of carbonyl (C=O) groups is 2. The van der Waals surface area contributed by atoms with Gasteiger partial charge < -0.3 is 31.5 Å². The summed E-state index contributed by atoms with van der Waals surface area (Å²) in [5, 5.41) is 8.38. The second kappa shape index (κ2) is 12.8. The fraction of sp³-hybridized carbons (Fsp3) is 0.500. The second-order valence-corrected chi connectivity index (χ2v) is 10.8. The van der Waals surface area contributed by atoms with Crippen molar-refractivity contribution in [3.8, 4) is 0 Å². The maximum Gasteiger partial charge on any atom is 0.421 e. The first-order chi connectivity index (χ1) is 19.4. The highest BCUT2D eigenvalue weighted by atomic mass is 19.4. The van der Waals surface area contributed by atoms with Gasteiger partial charge in [-0.15, -0.1) is 0 Å². The minimum absolute atomic E-state index is 0.0521. The number of hydrogen-bond acceptors (Lipinski definition) is 8. The lowest BCUT2D eigenvalue weighted by Gasteiger charge is -2.35. The molecule has 0 radical (unpaired) electrons. The molecule has 0 bridgehead atoms. The molecule has 1 aliphatic carbocycles. The predicted octanol–water partition coefficient (Wildman–Crippen LogP) is 3.92. The highest BCUT2D eigenvalue weighted by Crippen LogP contribution is 2.36. The summed E-state index contributed by atoms with van der Waals surface area (Å²) >= 11 is 0. The molecule has 5 N–H and O–H groups in total. The molecule has 41 heavy (non-hydrogen) atoms. The third-order valence-electron chi connectivity index (χ3n) is 7.66. The summed E-state index contributed by atoms with van der Waals surface area (Å²) in [7, 11) is 3.87. The van der Waals surface area contributed by atoms with Gasteiger partial charge in [0.25, 0.3) is 5.91 Å². The molecule has 13 heteroatoms. The Kier molecular flexibility index (Phi) is 9.36. The van der Waals surface area contributed by atoms with Gasteiger partial charge in [-0.2, -0.15) is 18.2 Å². The van der Waals surface area contributed by atoms with Gasteiger partial charge in [0.15, 0.2) is 0 Å². The highest BCUT2D eigenvalue weighted by molar-refractivity contribution is 5.94. The van der Waals surface area contributed by atoms with E-state index in [0.29, 0.717) is 36.2 Å². The lowest BCUT2D eigenvalue weighted by atomic mass is 10.0. The van der Waals surface area contributed by atoms with Gasteiger partial charge in [-0.3, -0.25) is 9.59 Å². The number of alkyl halides is 3. The number of benzene rings is 1. The minimum atomic E-state index is -4.70. The number of allylic oxidation sites excluding steroid dienone is 1. The van der Waals surface area contributed by atoms with E-state index in [4.69, 9.17) is 5.73 Å². The third kappa shape index (κ3) is 7.66. The summed E-state index contributed by atoms with van der Waals surface area (Å²) in [6.07, 6.45) is 0.932. The normalized spacial score (nSPS) is 20.5. The van der Waals surface area contributed by atoms with Crippen LogP contribution in [0, 0.1) is 5.92 Å². The molecule has 0 spiro atoms. The number of rotatable bonds is 8. The molecule has 1 aromatic carbocycles. The molecule has 1 saturated heterocycles. The Morgan fingerprint density at radius 1 is 1.12 bits per heavy atom. The van der Waals surface area contributed by atoms with E-state index in [-0.39, 0.29) is 23.8 Å². The zero-order valence-corrected chi connectivity index (χ0v) is 23.5. The standard InChI is InChI=1S/C28H37F3N8O2/c1-17(32)15-33-25(40)21-5-4-6-23(21)36-24-22(28(29,30)31)16-34-27(37-24)35-19-9-7-18(8-10-19)26(41)39(3)20-11-13-38(2)14-12-20/h7-10,15-16,20-21,23H,4-6,11-14,32H2,1-3H3,(H,33,40)(H2,34,35,36,37)/b17-15+/t21-,23+/m0/s1. The van der Waals surface area contributed by atoms with Gasteiger partial charge in [0, 0.05) is 48.5 Å². The topological polar surface area (TPSA) is 129 Å². The molecule has 2 heterocycles. The SMILES string of the molecule is C/C(N)=C\NC(=O)[C@H]1CCC[C@H]1Nc1nc(Nc2ccc(C(=O)N(C)C3CCN(C)CC3)cc2)ncc1C(F)(F)F. The Morgan fingerprint density at radius 3 is 2.44 bits per heavy atom. The van der Waals surface area contributed by atoms with E-state index in [1.54, 1.807) is 36.1 Å². The minimum Gasteiger partial charge on any atom is -0.401 e. The third-order valence-corrected chi connectivity index (χ3v) is 7.66. The zero-order valence-electron chi connectivity index (χ0n) is 23.5.